The van der Waals surface area contributed by atoms with Crippen molar-refractivity contribution in [2.24, 2.45) is 0 Å². The predicted molar refractivity (Wildman–Crippen MR) is 144 cm³/mol. The van der Waals surface area contributed by atoms with Crippen LogP contribution in [0.3, 0.4) is 0 Å². The number of esters is 1. The van der Waals surface area contributed by atoms with Crippen molar-refractivity contribution in [2.45, 2.75) is 45.7 Å². The molecule has 11 heteroatoms. The fourth-order valence-corrected chi connectivity index (χ4v) is 4.01. The van der Waals surface area contributed by atoms with Gasteiger partial charge >= 0.3 is 17.7 Å². The zero-order valence-electron chi connectivity index (χ0n) is 22.3. The van der Waals surface area contributed by atoms with E-state index in [2.05, 4.69) is 37.7 Å². The lowest BCUT2D eigenvalue weighted by atomic mass is 10.1. The molecule has 3 aromatic rings. The fourth-order valence-electron chi connectivity index (χ4n) is 4.01. The number of nitrogen functional groups attached to an aromatic ring is 1. The Morgan fingerprint density at radius 2 is 1.92 bits per heavy atom. The quantitative estimate of drug-likeness (QED) is 0.231. The minimum Gasteiger partial charge on any atom is -0.469 e. The number of H-pyrrole nitrogens is 1. The van der Waals surface area contributed by atoms with Crippen molar-refractivity contribution in [3.63, 3.8) is 0 Å². The summed E-state index contributed by atoms with van der Waals surface area (Å²) >= 11 is 0. The van der Waals surface area contributed by atoms with Crippen LogP contribution in [0.25, 0.3) is 11.2 Å². The van der Waals surface area contributed by atoms with Crippen molar-refractivity contribution < 1.29 is 14.3 Å². The number of nitrogens with two attached hydrogens (primary N) is 1. The molecule has 0 spiro atoms. The molecule has 2 heterocycles. The van der Waals surface area contributed by atoms with E-state index in [0.717, 1.165) is 56.6 Å². The van der Waals surface area contributed by atoms with Crippen LogP contribution in [-0.2, 0) is 29.0 Å². The summed E-state index contributed by atoms with van der Waals surface area (Å²) in [6.07, 6.45) is 2.86. The van der Waals surface area contributed by atoms with E-state index >= 15 is 0 Å². The van der Waals surface area contributed by atoms with Gasteiger partial charge in [-0.3, -0.25) is 14.3 Å². The van der Waals surface area contributed by atoms with Crippen LogP contribution in [-0.4, -0.2) is 82.7 Å². The van der Waals surface area contributed by atoms with E-state index < -0.39 is 0 Å². The minimum atomic E-state index is -0.267. The molecule has 37 heavy (non-hydrogen) atoms. The molecule has 0 fully saturated rings. The third-order valence-electron chi connectivity index (χ3n) is 6.05. The molecule has 11 nitrogen and oxygen atoms in total. The highest BCUT2D eigenvalue weighted by Gasteiger charge is 2.15. The van der Waals surface area contributed by atoms with Crippen molar-refractivity contribution in [3.8, 4) is 6.01 Å². The number of hydrogen-bond donors (Lipinski definition) is 2. The number of rotatable bonds is 15. The van der Waals surface area contributed by atoms with Crippen LogP contribution >= 0.6 is 0 Å². The largest absolute Gasteiger partial charge is 0.469 e. The SMILES string of the molecule is CCCCOc1nc(N)c2[nH]c(=O)n(CCCN(CCN(C)C)Cc3cccc(CC(=O)OC)c3)c2n1. The Morgan fingerprint density at radius 3 is 2.65 bits per heavy atom. The summed E-state index contributed by atoms with van der Waals surface area (Å²) in [6.45, 7) is 6.32. The number of nitrogens with zero attached hydrogens (tertiary/aromatic N) is 5. The highest BCUT2D eigenvalue weighted by molar-refractivity contribution is 5.81. The predicted octanol–water partition coefficient (Wildman–Crippen LogP) is 2.05. The summed E-state index contributed by atoms with van der Waals surface area (Å²) in [5.74, 6) is -0.0547. The molecular formula is C26H39N7O4. The summed E-state index contributed by atoms with van der Waals surface area (Å²) < 4.78 is 12.0. The summed E-state index contributed by atoms with van der Waals surface area (Å²) in [6, 6.07) is 8.19. The van der Waals surface area contributed by atoms with Gasteiger partial charge in [-0.2, -0.15) is 9.97 Å². The average molecular weight is 514 g/mol. The number of aromatic amines is 1. The summed E-state index contributed by atoms with van der Waals surface area (Å²) in [5.41, 5.74) is 8.74. The van der Waals surface area contributed by atoms with Crippen LogP contribution in [0, 0.1) is 0 Å². The lowest BCUT2D eigenvalue weighted by Crippen LogP contribution is -2.33. The van der Waals surface area contributed by atoms with Crippen molar-refractivity contribution in [3.05, 3.63) is 45.9 Å². The third-order valence-corrected chi connectivity index (χ3v) is 6.05. The number of aryl methyl sites for hydroxylation is 1. The molecule has 0 aliphatic rings. The number of nitrogens with one attached hydrogen (secondary N) is 1. The number of benzene rings is 1. The van der Waals surface area contributed by atoms with Crippen LogP contribution in [0.5, 0.6) is 6.01 Å². The number of unbranched alkanes of at least 4 members (excludes halogenated alkanes) is 1. The molecule has 3 rings (SSSR count). The fraction of sp³-hybridized carbons (Fsp3) is 0.538. The van der Waals surface area contributed by atoms with Gasteiger partial charge in [0.25, 0.3) is 0 Å². The molecule has 0 radical (unpaired) electrons. The van der Waals surface area contributed by atoms with Crippen LogP contribution in [0.15, 0.2) is 29.1 Å². The van der Waals surface area contributed by atoms with Crippen molar-refractivity contribution >= 4 is 23.0 Å². The number of aromatic nitrogens is 4. The second-order valence-electron chi connectivity index (χ2n) is 9.38. The second-order valence-corrected chi connectivity index (χ2v) is 9.38. The third kappa shape index (κ3) is 8.29. The Labute approximate surface area is 217 Å². The smallest absolute Gasteiger partial charge is 0.327 e. The first kappa shape index (κ1) is 28.1. The maximum atomic E-state index is 12.7. The number of ether oxygens (including phenoxy) is 2. The van der Waals surface area contributed by atoms with Crippen LogP contribution in [0.2, 0.25) is 0 Å². The van der Waals surface area contributed by atoms with Gasteiger partial charge in [0.15, 0.2) is 11.5 Å². The van der Waals surface area contributed by atoms with E-state index in [1.54, 1.807) is 4.57 Å². The molecule has 0 bridgehead atoms. The lowest BCUT2D eigenvalue weighted by molar-refractivity contribution is -0.139. The Kier molecular flexibility index (Phi) is 10.5. The number of carbonyl (C=O) groups is 1. The molecule has 0 aliphatic heterocycles. The highest BCUT2D eigenvalue weighted by atomic mass is 16.5. The van der Waals surface area contributed by atoms with E-state index in [1.807, 2.05) is 32.3 Å². The molecule has 0 saturated heterocycles. The number of anilines is 1. The van der Waals surface area contributed by atoms with Crippen molar-refractivity contribution in [1.29, 1.82) is 0 Å². The standard InChI is InChI=1S/C26H39N7O4/c1-5-6-15-37-25-29-23(27)22-24(30-25)33(26(35)28-22)12-8-11-32(14-13-31(2)3)18-20-10-7-9-19(16-20)17-21(34)36-4/h7,9-10,16H,5-6,8,11-15,17-18H2,1-4H3,(H,28,35)(H2,27,29,30). The van der Waals surface area contributed by atoms with E-state index in [-0.39, 0.29) is 29.9 Å². The zero-order chi connectivity index (χ0) is 26.8. The van der Waals surface area contributed by atoms with Crippen LogP contribution < -0.4 is 16.2 Å². The van der Waals surface area contributed by atoms with Gasteiger partial charge in [-0.25, -0.2) is 4.79 Å². The van der Waals surface area contributed by atoms with Gasteiger partial charge in [0, 0.05) is 32.7 Å². The highest BCUT2D eigenvalue weighted by Crippen LogP contribution is 2.18. The summed E-state index contributed by atoms with van der Waals surface area (Å²) in [5, 5.41) is 0. The first-order valence-electron chi connectivity index (χ1n) is 12.7. The normalized spacial score (nSPS) is 11.5. The lowest BCUT2D eigenvalue weighted by Gasteiger charge is -2.24. The first-order valence-corrected chi connectivity index (χ1v) is 12.7. The van der Waals surface area contributed by atoms with Crippen molar-refractivity contribution in [2.75, 3.05) is 53.2 Å². The van der Waals surface area contributed by atoms with E-state index in [1.165, 1.54) is 7.11 Å². The molecule has 1 aromatic carbocycles. The molecule has 0 amide bonds. The topological polar surface area (TPSA) is 132 Å². The van der Waals surface area contributed by atoms with E-state index in [4.69, 9.17) is 15.2 Å². The van der Waals surface area contributed by atoms with Gasteiger partial charge in [-0.05, 0) is 38.1 Å². The maximum absolute atomic E-state index is 12.7. The van der Waals surface area contributed by atoms with Crippen molar-refractivity contribution in [1.82, 2.24) is 29.3 Å². The van der Waals surface area contributed by atoms with Gasteiger partial charge in [0.05, 0.1) is 20.1 Å². The summed E-state index contributed by atoms with van der Waals surface area (Å²) in [4.78, 5) is 40.3. The maximum Gasteiger partial charge on any atom is 0.327 e. The summed E-state index contributed by atoms with van der Waals surface area (Å²) in [7, 11) is 5.49. The monoisotopic (exact) mass is 513 g/mol. The number of carbonyl (C=O) groups excluding carboxylic acids is 1. The van der Waals surface area contributed by atoms with Gasteiger partial charge in [0.2, 0.25) is 0 Å². The number of methoxy groups -OCH3 is 1. The Bertz CT molecular complexity index is 1220. The number of likely N-dealkylation sites (N-methyl/N-ethyl adjacent to an activating group) is 1. The Morgan fingerprint density at radius 1 is 1.14 bits per heavy atom. The Hall–Kier alpha value is -3.44. The Balaban J connectivity index is 1.70. The molecule has 0 unspecified atom stereocenters. The second kappa shape index (κ2) is 13.8. The van der Waals surface area contributed by atoms with Crippen LogP contribution in [0.4, 0.5) is 5.82 Å². The molecular weight excluding hydrogens is 474 g/mol. The molecule has 0 aliphatic carbocycles. The van der Waals surface area contributed by atoms with Gasteiger partial charge < -0.3 is 25.1 Å². The first-order chi connectivity index (χ1) is 17.8. The van der Waals surface area contributed by atoms with Crippen LogP contribution in [0.1, 0.15) is 37.3 Å². The molecule has 202 valence electrons. The molecule has 0 atom stereocenters. The van der Waals surface area contributed by atoms with E-state index in [9.17, 15) is 9.59 Å². The van der Waals surface area contributed by atoms with E-state index in [0.29, 0.717) is 24.3 Å². The average Bonchev–Trinajstić information content (AvgIpc) is 3.18. The number of hydrogen-bond acceptors (Lipinski definition) is 9. The van der Waals surface area contributed by atoms with Gasteiger partial charge in [0.1, 0.15) is 5.52 Å². The van der Waals surface area contributed by atoms with Gasteiger partial charge in [-0.1, -0.05) is 37.6 Å². The number of fused-ring (bicyclic) bond motifs is 1. The van der Waals surface area contributed by atoms with Gasteiger partial charge in [-0.15, -0.1) is 0 Å². The minimum absolute atomic E-state index is 0.186. The zero-order valence-corrected chi connectivity index (χ0v) is 22.3. The number of imidazole rings is 1. The molecule has 3 N–H and O–H groups in total. The molecule has 0 saturated carbocycles. The molecule has 2 aromatic heterocycles.